The number of aliphatic carboxylic acids is 1. The Kier molecular flexibility index (Phi) is 1.27. The second-order valence-corrected chi connectivity index (χ2v) is 3.97. The molecule has 11 heavy (non-hydrogen) atoms. The summed E-state index contributed by atoms with van der Waals surface area (Å²) >= 11 is 0. The molecule has 3 aliphatic carbocycles. The quantitative estimate of drug-likeness (QED) is 0.608. The average molecular weight is 155 g/mol. The van der Waals surface area contributed by atoms with Crippen LogP contribution in [0, 0.1) is 17.3 Å². The van der Waals surface area contributed by atoms with Crippen LogP contribution in [-0.2, 0) is 4.79 Å². The van der Waals surface area contributed by atoms with Gasteiger partial charge in [0, 0.05) is 0 Å². The average Bonchev–Trinajstić information content (AvgIpc) is 2.37. The van der Waals surface area contributed by atoms with Gasteiger partial charge in [-0.2, -0.15) is 0 Å². The molecule has 0 heterocycles. The van der Waals surface area contributed by atoms with E-state index in [9.17, 15) is 4.79 Å². The van der Waals surface area contributed by atoms with E-state index in [2.05, 4.69) is 0 Å². The predicted octanol–water partition coefficient (Wildman–Crippen LogP) is 0.446. The molecule has 3 nitrogen and oxygen atoms in total. The molecule has 2 bridgehead atoms. The summed E-state index contributed by atoms with van der Waals surface area (Å²) in [6, 6.07) is 0. The highest BCUT2D eigenvalue weighted by molar-refractivity contribution is 5.72. The van der Waals surface area contributed by atoms with Crippen LogP contribution in [0.2, 0.25) is 0 Å². The molecule has 3 saturated carbocycles. The zero-order chi connectivity index (χ0) is 8.06. The first-order valence-electron chi connectivity index (χ1n) is 4.11. The van der Waals surface area contributed by atoms with E-state index in [1.54, 1.807) is 0 Å². The third kappa shape index (κ3) is 0.745. The van der Waals surface area contributed by atoms with Gasteiger partial charge in [0.25, 0.3) is 0 Å². The SMILES string of the molecule is NCC12CC(CC1C(=O)O)C2. The van der Waals surface area contributed by atoms with Crippen LogP contribution in [-0.4, -0.2) is 17.6 Å². The summed E-state index contributed by atoms with van der Waals surface area (Å²) < 4.78 is 0. The Balaban J connectivity index is 2.18. The summed E-state index contributed by atoms with van der Waals surface area (Å²) in [6.45, 7) is 0.556. The minimum atomic E-state index is -0.643. The van der Waals surface area contributed by atoms with Crippen LogP contribution in [0.15, 0.2) is 0 Å². The molecule has 3 rings (SSSR count). The molecule has 0 radical (unpaired) electrons. The summed E-state index contributed by atoms with van der Waals surface area (Å²) in [6.07, 6.45) is 2.98. The topological polar surface area (TPSA) is 63.3 Å². The van der Waals surface area contributed by atoms with Crippen molar-refractivity contribution in [3.63, 3.8) is 0 Å². The van der Waals surface area contributed by atoms with Crippen molar-refractivity contribution < 1.29 is 9.90 Å². The van der Waals surface area contributed by atoms with Gasteiger partial charge in [-0.1, -0.05) is 0 Å². The lowest BCUT2D eigenvalue weighted by Gasteiger charge is -2.39. The van der Waals surface area contributed by atoms with E-state index in [0.717, 1.165) is 19.3 Å². The maximum atomic E-state index is 10.7. The molecule has 0 aromatic rings. The van der Waals surface area contributed by atoms with Gasteiger partial charge >= 0.3 is 5.97 Å². The summed E-state index contributed by atoms with van der Waals surface area (Å²) in [5.41, 5.74) is 5.57. The predicted molar refractivity (Wildman–Crippen MR) is 40.0 cm³/mol. The lowest BCUT2D eigenvalue weighted by Crippen LogP contribution is -2.41. The Morgan fingerprint density at radius 3 is 2.64 bits per heavy atom. The van der Waals surface area contributed by atoms with Gasteiger partial charge in [0.2, 0.25) is 0 Å². The number of rotatable bonds is 2. The standard InChI is InChI=1S/C8H13NO2/c9-4-8-2-5(3-8)1-6(8)7(10)11/h5-6H,1-4,9H2,(H,10,11). The summed E-state index contributed by atoms with van der Waals surface area (Å²) in [7, 11) is 0. The minimum absolute atomic E-state index is 0.00347. The second-order valence-electron chi connectivity index (χ2n) is 3.97. The van der Waals surface area contributed by atoms with Gasteiger partial charge < -0.3 is 10.8 Å². The lowest BCUT2D eigenvalue weighted by atomic mass is 9.67. The Morgan fingerprint density at radius 1 is 1.64 bits per heavy atom. The molecule has 1 atom stereocenters. The molecule has 1 unspecified atom stereocenters. The third-order valence-electron chi connectivity index (χ3n) is 3.40. The van der Waals surface area contributed by atoms with E-state index in [1.165, 1.54) is 0 Å². The first-order chi connectivity index (χ1) is 5.18. The molecule has 62 valence electrons. The molecule has 0 aliphatic heterocycles. The minimum Gasteiger partial charge on any atom is -0.481 e. The second kappa shape index (κ2) is 1.97. The zero-order valence-electron chi connectivity index (χ0n) is 6.42. The number of hydrogen-bond acceptors (Lipinski definition) is 2. The number of nitrogens with two attached hydrogens (primary N) is 1. The van der Waals surface area contributed by atoms with Crippen molar-refractivity contribution in [3.8, 4) is 0 Å². The normalized spacial score (nSPS) is 47.0. The molecule has 0 saturated heterocycles. The third-order valence-corrected chi connectivity index (χ3v) is 3.40. The Bertz CT molecular complexity index is 196. The van der Waals surface area contributed by atoms with Crippen LogP contribution in [0.3, 0.4) is 0 Å². The van der Waals surface area contributed by atoms with Crippen LogP contribution in [0.5, 0.6) is 0 Å². The van der Waals surface area contributed by atoms with Crippen molar-refractivity contribution in [1.82, 2.24) is 0 Å². The van der Waals surface area contributed by atoms with Crippen LogP contribution in [0.1, 0.15) is 19.3 Å². The highest BCUT2D eigenvalue weighted by Crippen LogP contribution is 2.61. The van der Waals surface area contributed by atoms with E-state index in [4.69, 9.17) is 10.8 Å². The smallest absolute Gasteiger partial charge is 0.307 e. The molecule has 0 spiro atoms. The van der Waals surface area contributed by atoms with E-state index >= 15 is 0 Å². The monoisotopic (exact) mass is 155 g/mol. The summed E-state index contributed by atoms with van der Waals surface area (Å²) in [4.78, 5) is 10.7. The number of carbonyl (C=O) groups is 1. The lowest BCUT2D eigenvalue weighted by molar-refractivity contribution is -0.145. The van der Waals surface area contributed by atoms with Gasteiger partial charge in [-0.05, 0) is 37.1 Å². The van der Waals surface area contributed by atoms with E-state index < -0.39 is 5.97 Å². The maximum absolute atomic E-state index is 10.7. The van der Waals surface area contributed by atoms with Crippen LogP contribution in [0.25, 0.3) is 0 Å². The van der Waals surface area contributed by atoms with E-state index in [0.29, 0.717) is 12.5 Å². The van der Waals surface area contributed by atoms with Crippen molar-refractivity contribution in [2.24, 2.45) is 23.0 Å². The fourth-order valence-electron chi connectivity index (χ4n) is 2.80. The van der Waals surface area contributed by atoms with Crippen LogP contribution in [0.4, 0.5) is 0 Å². The Morgan fingerprint density at radius 2 is 2.27 bits per heavy atom. The fourth-order valence-corrected chi connectivity index (χ4v) is 2.80. The molecule has 0 aromatic carbocycles. The van der Waals surface area contributed by atoms with Crippen molar-refractivity contribution in [3.05, 3.63) is 0 Å². The number of carboxylic acid groups (broad SMARTS) is 1. The highest BCUT2D eigenvalue weighted by atomic mass is 16.4. The largest absolute Gasteiger partial charge is 0.481 e. The first kappa shape index (κ1) is 7.10. The van der Waals surface area contributed by atoms with Crippen molar-refractivity contribution in [2.75, 3.05) is 6.54 Å². The van der Waals surface area contributed by atoms with Gasteiger partial charge in [-0.3, -0.25) is 4.79 Å². The van der Waals surface area contributed by atoms with Crippen LogP contribution >= 0.6 is 0 Å². The number of hydrogen-bond donors (Lipinski definition) is 2. The Labute approximate surface area is 65.6 Å². The summed E-state index contributed by atoms with van der Waals surface area (Å²) in [5, 5.41) is 8.85. The summed E-state index contributed by atoms with van der Waals surface area (Å²) in [5.74, 6) is -0.118. The first-order valence-corrected chi connectivity index (χ1v) is 4.11. The van der Waals surface area contributed by atoms with Gasteiger partial charge in [0.1, 0.15) is 0 Å². The molecule has 3 heteroatoms. The van der Waals surface area contributed by atoms with E-state index in [1.807, 2.05) is 0 Å². The fraction of sp³-hybridized carbons (Fsp3) is 0.875. The molecular weight excluding hydrogens is 142 g/mol. The highest BCUT2D eigenvalue weighted by Gasteiger charge is 2.58. The molecule has 0 amide bonds. The molecule has 3 fully saturated rings. The molecule has 0 aromatic heterocycles. The number of carboxylic acids is 1. The number of fused-ring (bicyclic) bond motifs is 1. The van der Waals surface area contributed by atoms with Gasteiger partial charge in [-0.25, -0.2) is 0 Å². The van der Waals surface area contributed by atoms with Gasteiger partial charge in [0.15, 0.2) is 0 Å². The van der Waals surface area contributed by atoms with Crippen molar-refractivity contribution in [1.29, 1.82) is 0 Å². The van der Waals surface area contributed by atoms with Crippen LogP contribution < -0.4 is 5.73 Å². The zero-order valence-corrected chi connectivity index (χ0v) is 6.42. The molecule has 3 aliphatic rings. The van der Waals surface area contributed by atoms with Crippen molar-refractivity contribution >= 4 is 5.97 Å². The maximum Gasteiger partial charge on any atom is 0.307 e. The molecule has 3 N–H and O–H groups in total. The molecular formula is C8H13NO2. The van der Waals surface area contributed by atoms with E-state index in [-0.39, 0.29) is 11.3 Å². The Hall–Kier alpha value is -0.570. The van der Waals surface area contributed by atoms with Gasteiger partial charge in [-0.15, -0.1) is 0 Å². The van der Waals surface area contributed by atoms with Crippen molar-refractivity contribution in [2.45, 2.75) is 19.3 Å². The van der Waals surface area contributed by atoms with Gasteiger partial charge in [0.05, 0.1) is 5.92 Å².